The molecule has 0 saturated carbocycles. The molecule has 2 N–H and O–H groups in total. The number of carboxylic acid groups (broad SMARTS) is 1. The van der Waals surface area contributed by atoms with Gasteiger partial charge in [0.25, 0.3) is 0 Å². The molecular formula is C17H22N2O4. The summed E-state index contributed by atoms with van der Waals surface area (Å²) in [5.74, 6) is -0.129. The second-order valence-corrected chi connectivity index (χ2v) is 5.38. The van der Waals surface area contributed by atoms with Gasteiger partial charge in [0.15, 0.2) is 0 Å². The number of carbonyl (C=O) groups excluding carboxylic acids is 1. The Morgan fingerprint density at radius 2 is 2.09 bits per heavy atom. The molecule has 0 bridgehead atoms. The third-order valence-electron chi connectivity index (χ3n) is 3.77. The van der Waals surface area contributed by atoms with E-state index in [0.29, 0.717) is 19.5 Å². The van der Waals surface area contributed by atoms with Gasteiger partial charge in [0.05, 0.1) is 6.04 Å². The molecule has 1 heterocycles. The van der Waals surface area contributed by atoms with Crippen molar-refractivity contribution in [2.45, 2.75) is 32.7 Å². The lowest BCUT2D eigenvalue weighted by Gasteiger charge is -2.26. The van der Waals surface area contributed by atoms with Crippen LogP contribution in [-0.2, 0) is 4.79 Å². The minimum absolute atomic E-state index is 0.0472. The average molecular weight is 318 g/mol. The van der Waals surface area contributed by atoms with Gasteiger partial charge in [-0.15, -0.1) is 0 Å². The Hall–Kier alpha value is -2.50. The first-order valence-corrected chi connectivity index (χ1v) is 7.77. The molecule has 0 aliphatic carbocycles. The van der Waals surface area contributed by atoms with E-state index in [1.807, 2.05) is 44.2 Å². The highest BCUT2D eigenvalue weighted by atomic mass is 16.4. The van der Waals surface area contributed by atoms with Crippen molar-refractivity contribution in [2.24, 2.45) is 0 Å². The van der Waals surface area contributed by atoms with Crippen molar-refractivity contribution in [1.29, 1.82) is 0 Å². The number of carboxylic acids is 1. The van der Waals surface area contributed by atoms with Crippen molar-refractivity contribution in [3.8, 4) is 0 Å². The Kier molecular flexibility index (Phi) is 5.62. The molecule has 6 nitrogen and oxygen atoms in total. The SMILES string of the molecule is CCN(C(=O)NCCCC(=O)O)C(C)c1cc2ccccc2o1. The number of fused-ring (bicyclic) bond motifs is 1. The molecule has 2 amide bonds. The van der Waals surface area contributed by atoms with Gasteiger partial charge in [-0.25, -0.2) is 4.79 Å². The molecule has 1 aromatic heterocycles. The third kappa shape index (κ3) is 4.25. The summed E-state index contributed by atoms with van der Waals surface area (Å²) in [5.41, 5.74) is 0.798. The van der Waals surface area contributed by atoms with Crippen LogP contribution >= 0.6 is 0 Å². The van der Waals surface area contributed by atoms with E-state index in [0.717, 1.165) is 16.7 Å². The summed E-state index contributed by atoms with van der Waals surface area (Å²) in [4.78, 5) is 24.4. The van der Waals surface area contributed by atoms with Crippen LogP contribution in [0, 0.1) is 0 Å². The summed E-state index contributed by atoms with van der Waals surface area (Å²) in [6.45, 7) is 4.69. The lowest BCUT2D eigenvalue weighted by molar-refractivity contribution is -0.137. The molecule has 0 saturated heterocycles. The van der Waals surface area contributed by atoms with Crippen LogP contribution in [0.25, 0.3) is 11.0 Å². The van der Waals surface area contributed by atoms with Crippen LogP contribution in [-0.4, -0.2) is 35.1 Å². The summed E-state index contributed by atoms with van der Waals surface area (Å²) >= 11 is 0. The molecule has 23 heavy (non-hydrogen) atoms. The Bertz CT molecular complexity index is 647. The first kappa shape index (κ1) is 16.9. The zero-order valence-electron chi connectivity index (χ0n) is 13.4. The normalized spacial score (nSPS) is 12.1. The summed E-state index contributed by atoms with van der Waals surface area (Å²) in [6.07, 6.45) is 0.461. The lowest BCUT2D eigenvalue weighted by Crippen LogP contribution is -2.41. The molecule has 6 heteroatoms. The van der Waals surface area contributed by atoms with E-state index in [-0.39, 0.29) is 18.5 Å². The molecule has 2 aromatic rings. The number of benzene rings is 1. The molecule has 124 valence electrons. The predicted molar refractivity (Wildman–Crippen MR) is 87.3 cm³/mol. The van der Waals surface area contributed by atoms with Gasteiger partial charge in [0.2, 0.25) is 0 Å². The molecule has 1 unspecified atom stereocenters. The number of hydrogen-bond acceptors (Lipinski definition) is 3. The van der Waals surface area contributed by atoms with Crippen molar-refractivity contribution in [3.05, 3.63) is 36.1 Å². The highest BCUT2D eigenvalue weighted by molar-refractivity contribution is 5.78. The quantitative estimate of drug-likeness (QED) is 0.767. The lowest BCUT2D eigenvalue weighted by atomic mass is 10.2. The summed E-state index contributed by atoms with van der Waals surface area (Å²) in [6, 6.07) is 9.25. The minimum Gasteiger partial charge on any atom is -0.481 e. The highest BCUT2D eigenvalue weighted by Crippen LogP contribution is 2.27. The number of amides is 2. The van der Waals surface area contributed by atoms with Gasteiger partial charge in [0.1, 0.15) is 11.3 Å². The van der Waals surface area contributed by atoms with Gasteiger partial charge in [-0.05, 0) is 32.4 Å². The van der Waals surface area contributed by atoms with Gasteiger partial charge in [-0.3, -0.25) is 4.79 Å². The van der Waals surface area contributed by atoms with Crippen molar-refractivity contribution in [2.75, 3.05) is 13.1 Å². The maximum absolute atomic E-state index is 12.3. The summed E-state index contributed by atoms with van der Waals surface area (Å²) in [7, 11) is 0. The maximum atomic E-state index is 12.3. The Balaban J connectivity index is 2.00. The molecular weight excluding hydrogens is 296 g/mol. The Morgan fingerprint density at radius 1 is 1.35 bits per heavy atom. The second kappa shape index (κ2) is 7.67. The van der Waals surface area contributed by atoms with Gasteiger partial charge >= 0.3 is 12.0 Å². The second-order valence-electron chi connectivity index (χ2n) is 5.38. The fraction of sp³-hybridized carbons (Fsp3) is 0.412. The van der Waals surface area contributed by atoms with E-state index in [1.54, 1.807) is 4.90 Å². The molecule has 0 radical (unpaired) electrons. The van der Waals surface area contributed by atoms with Crippen LogP contribution in [0.2, 0.25) is 0 Å². The topological polar surface area (TPSA) is 82.8 Å². The predicted octanol–water partition coefficient (Wildman–Crippen LogP) is 3.39. The standard InChI is InChI=1S/C17H22N2O4/c1-3-19(17(22)18-10-6-9-16(20)21)12(2)15-11-13-7-4-5-8-14(13)23-15/h4-5,7-8,11-12H,3,6,9-10H2,1-2H3,(H,18,22)(H,20,21). The van der Waals surface area contributed by atoms with Crippen LogP contribution in [0.1, 0.15) is 38.5 Å². The van der Waals surface area contributed by atoms with E-state index in [2.05, 4.69) is 5.32 Å². The highest BCUT2D eigenvalue weighted by Gasteiger charge is 2.22. The van der Waals surface area contributed by atoms with Gasteiger partial charge in [-0.1, -0.05) is 18.2 Å². The Morgan fingerprint density at radius 3 is 2.74 bits per heavy atom. The molecule has 0 aliphatic rings. The maximum Gasteiger partial charge on any atom is 0.318 e. The van der Waals surface area contributed by atoms with Crippen molar-refractivity contribution in [1.82, 2.24) is 10.2 Å². The first-order valence-electron chi connectivity index (χ1n) is 7.77. The van der Waals surface area contributed by atoms with Crippen LogP contribution in [0.3, 0.4) is 0 Å². The molecule has 0 spiro atoms. The number of rotatable bonds is 7. The number of urea groups is 1. The van der Waals surface area contributed by atoms with Gasteiger partial charge < -0.3 is 19.7 Å². The number of aliphatic carboxylic acids is 1. The number of para-hydroxylation sites is 1. The Labute approximate surface area is 135 Å². The van der Waals surface area contributed by atoms with Crippen LogP contribution in [0.5, 0.6) is 0 Å². The molecule has 0 fully saturated rings. The van der Waals surface area contributed by atoms with Crippen molar-refractivity contribution in [3.63, 3.8) is 0 Å². The summed E-state index contributed by atoms with van der Waals surface area (Å²) in [5, 5.41) is 12.4. The molecule has 1 atom stereocenters. The third-order valence-corrected chi connectivity index (χ3v) is 3.77. The monoisotopic (exact) mass is 318 g/mol. The summed E-state index contributed by atoms with van der Waals surface area (Å²) < 4.78 is 5.82. The van der Waals surface area contributed by atoms with E-state index < -0.39 is 5.97 Å². The van der Waals surface area contributed by atoms with Crippen LogP contribution < -0.4 is 5.32 Å². The van der Waals surface area contributed by atoms with E-state index in [1.165, 1.54) is 0 Å². The van der Waals surface area contributed by atoms with E-state index in [4.69, 9.17) is 9.52 Å². The molecule has 2 rings (SSSR count). The van der Waals surface area contributed by atoms with Gasteiger partial charge in [0, 0.05) is 24.9 Å². The van der Waals surface area contributed by atoms with E-state index >= 15 is 0 Å². The number of furan rings is 1. The number of nitrogens with one attached hydrogen (secondary N) is 1. The number of nitrogens with zero attached hydrogens (tertiary/aromatic N) is 1. The zero-order valence-corrected chi connectivity index (χ0v) is 13.4. The molecule has 1 aromatic carbocycles. The number of hydrogen-bond donors (Lipinski definition) is 2. The van der Waals surface area contributed by atoms with Gasteiger partial charge in [-0.2, -0.15) is 0 Å². The number of carbonyl (C=O) groups is 2. The smallest absolute Gasteiger partial charge is 0.318 e. The zero-order chi connectivity index (χ0) is 16.8. The largest absolute Gasteiger partial charge is 0.481 e. The fourth-order valence-corrected chi connectivity index (χ4v) is 2.49. The van der Waals surface area contributed by atoms with Crippen LogP contribution in [0.4, 0.5) is 4.79 Å². The fourth-order valence-electron chi connectivity index (χ4n) is 2.49. The minimum atomic E-state index is -0.859. The molecule has 0 aliphatic heterocycles. The van der Waals surface area contributed by atoms with Crippen LogP contribution in [0.15, 0.2) is 34.7 Å². The average Bonchev–Trinajstić information content (AvgIpc) is 2.96. The van der Waals surface area contributed by atoms with Crippen molar-refractivity contribution < 1.29 is 19.1 Å². The van der Waals surface area contributed by atoms with E-state index in [9.17, 15) is 9.59 Å². The van der Waals surface area contributed by atoms with Crippen molar-refractivity contribution >= 4 is 23.0 Å². The first-order chi connectivity index (χ1) is 11.0.